The molecule has 0 saturated carbocycles. The molecule has 0 aromatic carbocycles. The lowest BCUT2D eigenvalue weighted by Gasteiger charge is -2.37. The van der Waals surface area contributed by atoms with Crippen LogP contribution in [0.15, 0.2) is 11.6 Å². The molecule has 1 saturated heterocycles. The van der Waals surface area contributed by atoms with E-state index in [9.17, 15) is 9.59 Å². The van der Waals surface area contributed by atoms with Crippen LogP contribution in [0.3, 0.4) is 0 Å². The topological polar surface area (TPSA) is 70.1 Å². The fourth-order valence-corrected chi connectivity index (χ4v) is 2.29. The van der Waals surface area contributed by atoms with Gasteiger partial charge in [0.05, 0.1) is 13.2 Å². The van der Waals surface area contributed by atoms with Gasteiger partial charge in [0.1, 0.15) is 0 Å². The molecule has 2 amide bonds. The molecule has 2 aliphatic rings. The van der Waals surface area contributed by atoms with Crippen LogP contribution < -0.4 is 0 Å². The highest BCUT2D eigenvalue weighted by Gasteiger charge is 2.35. The number of rotatable bonds is 1. The van der Waals surface area contributed by atoms with E-state index in [0.717, 1.165) is 12.0 Å². The minimum Gasteiger partial charge on any atom is -0.480 e. The van der Waals surface area contributed by atoms with Crippen LogP contribution >= 0.6 is 0 Å². The molecular weight excluding hydrogens is 236 g/mol. The highest BCUT2D eigenvalue weighted by Crippen LogP contribution is 2.15. The monoisotopic (exact) mass is 254 g/mol. The first-order chi connectivity index (χ1) is 8.59. The van der Waals surface area contributed by atoms with Gasteiger partial charge in [-0.2, -0.15) is 0 Å². The number of ether oxygens (including phenoxy) is 1. The van der Waals surface area contributed by atoms with Crippen LogP contribution in [-0.4, -0.2) is 65.8 Å². The molecule has 1 unspecified atom stereocenters. The van der Waals surface area contributed by atoms with Crippen molar-refractivity contribution in [2.75, 3.05) is 32.8 Å². The summed E-state index contributed by atoms with van der Waals surface area (Å²) in [6.07, 6.45) is 2.94. The minimum absolute atomic E-state index is 0.0731. The number of carbonyl (C=O) groups excluding carboxylic acids is 1. The molecule has 0 spiro atoms. The fourth-order valence-electron chi connectivity index (χ4n) is 2.29. The van der Waals surface area contributed by atoms with Gasteiger partial charge in [-0.25, -0.2) is 9.59 Å². The molecule has 0 bridgehead atoms. The van der Waals surface area contributed by atoms with Crippen molar-refractivity contribution < 1.29 is 19.4 Å². The molecular formula is C12H18N2O4. The van der Waals surface area contributed by atoms with E-state index in [1.807, 2.05) is 6.92 Å². The molecule has 0 aromatic rings. The summed E-state index contributed by atoms with van der Waals surface area (Å²) >= 11 is 0. The maximum absolute atomic E-state index is 12.3. The Hall–Kier alpha value is -1.56. The molecule has 6 heteroatoms. The van der Waals surface area contributed by atoms with Crippen molar-refractivity contribution in [3.8, 4) is 0 Å². The molecule has 18 heavy (non-hydrogen) atoms. The molecule has 100 valence electrons. The van der Waals surface area contributed by atoms with Crippen molar-refractivity contribution in [1.29, 1.82) is 0 Å². The minimum atomic E-state index is -1.01. The van der Waals surface area contributed by atoms with E-state index in [-0.39, 0.29) is 12.6 Å². The number of carboxylic acid groups (broad SMARTS) is 1. The third kappa shape index (κ3) is 2.64. The van der Waals surface area contributed by atoms with Crippen molar-refractivity contribution in [2.45, 2.75) is 19.4 Å². The number of carboxylic acids is 1. The number of aliphatic carboxylic acids is 1. The Balaban J connectivity index is 2.06. The molecule has 6 nitrogen and oxygen atoms in total. The second kappa shape index (κ2) is 5.39. The fraction of sp³-hybridized carbons (Fsp3) is 0.667. The van der Waals surface area contributed by atoms with Crippen LogP contribution in [-0.2, 0) is 9.53 Å². The zero-order chi connectivity index (χ0) is 13.1. The summed E-state index contributed by atoms with van der Waals surface area (Å²) in [5.74, 6) is -1.01. The molecule has 1 N–H and O–H groups in total. The lowest BCUT2D eigenvalue weighted by Crippen LogP contribution is -2.57. The van der Waals surface area contributed by atoms with Crippen LogP contribution in [0.2, 0.25) is 0 Å². The first-order valence-corrected chi connectivity index (χ1v) is 6.11. The Labute approximate surface area is 106 Å². The van der Waals surface area contributed by atoms with Crippen LogP contribution in [0.1, 0.15) is 13.3 Å². The SMILES string of the molecule is CC1=CCCN(C(=O)N2CCOCC2C(=O)O)C1. The first kappa shape index (κ1) is 12.9. The highest BCUT2D eigenvalue weighted by atomic mass is 16.5. The number of hydrogen-bond acceptors (Lipinski definition) is 3. The summed E-state index contributed by atoms with van der Waals surface area (Å²) in [6.45, 7) is 4.03. The Morgan fingerprint density at radius 2 is 2.22 bits per heavy atom. The smallest absolute Gasteiger partial charge is 0.328 e. The van der Waals surface area contributed by atoms with Gasteiger partial charge in [0.15, 0.2) is 6.04 Å². The molecule has 0 aromatic heterocycles. The van der Waals surface area contributed by atoms with Gasteiger partial charge in [0.25, 0.3) is 0 Å². The third-order valence-electron chi connectivity index (χ3n) is 3.26. The van der Waals surface area contributed by atoms with Gasteiger partial charge < -0.3 is 19.6 Å². The second-order valence-electron chi connectivity index (χ2n) is 4.67. The Kier molecular flexibility index (Phi) is 3.86. The van der Waals surface area contributed by atoms with Crippen molar-refractivity contribution in [2.24, 2.45) is 0 Å². The highest BCUT2D eigenvalue weighted by molar-refractivity contribution is 5.83. The largest absolute Gasteiger partial charge is 0.480 e. The zero-order valence-electron chi connectivity index (χ0n) is 10.5. The number of nitrogens with zero attached hydrogens (tertiary/aromatic N) is 2. The van der Waals surface area contributed by atoms with Gasteiger partial charge in [-0.05, 0) is 13.3 Å². The van der Waals surface area contributed by atoms with E-state index in [1.54, 1.807) is 4.90 Å². The lowest BCUT2D eigenvalue weighted by atomic mass is 10.1. The Morgan fingerprint density at radius 3 is 2.89 bits per heavy atom. The van der Waals surface area contributed by atoms with E-state index in [1.165, 1.54) is 4.90 Å². The van der Waals surface area contributed by atoms with Crippen LogP contribution in [0.5, 0.6) is 0 Å². The average molecular weight is 254 g/mol. The maximum atomic E-state index is 12.3. The van der Waals surface area contributed by atoms with Gasteiger partial charge in [-0.3, -0.25) is 0 Å². The quantitative estimate of drug-likeness (QED) is 0.693. The van der Waals surface area contributed by atoms with Gasteiger partial charge in [0, 0.05) is 19.6 Å². The molecule has 0 aliphatic carbocycles. The number of hydrogen-bond donors (Lipinski definition) is 1. The first-order valence-electron chi connectivity index (χ1n) is 6.11. The van der Waals surface area contributed by atoms with Gasteiger partial charge in [-0.15, -0.1) is 0 Å². The number of carbonyl (C=O) groups is 2. The van der Waals surface area contributed by atoms with Crippen molar-refractivity contribution in [3.63, 3.8) is 0 Å². The summed E-state index contributed by atoms with van der Waals surface area (Å²) in [5.41, 5.74) is 1.15. The second-order valence-corrected chi connectivity index (χ2v) is 4.67. The molecule has 2 rings (SSSR count). The number of urea groups is 1. The van der Waals surface area contributed by atoms with Gasteiger partial charge in [-0.1, -0.05) is 11.6 Å². The maximum Gasteiger partial charge on any atom is 0.328 e. The van der Waals surface area contributed by atoms with Gasteiger partial charge in [0.2, 0.25) is 0 Å². The summed E-state index contributed by atoms with van der Waals surface area (Å²) in [5, 5.41) is 9.10. The molecule has 1 atom stereocenters. The molecule has 1 fully saturated rings. The summed E-state index contributed by atoms with van der Waals surface area (Å²) in [6, 6.07) is -1.06. The van der Waals surface area contributed by atoms with E-state index < -0.39 is 12.0 Å². The molecule has 2 aliphatic heterocycles. The number of amides is 2. The van der Waals surface area contributed by atoms with Crippen molar-refractivity contribution >= 4 is 12.0 Å². The molecule has 2 heterocycles. The zero-order valence-corrected chi connectivity index (χ0v) is 10.5. The van der Waals surface area contributed by atoms with E-state index in [0.29, 0.717) is 26.2 Å². The lowest BCUT2D eigenvalue weighted by molar-refractivity contribution is -0.147. The standard InChI is InChI=1S/C12H18N2O4/c1-9-3-2-4-13(7-9)12(17)14-5-6-18-8-10(14)11(15)16/h3,10H,2,4-8H2,1H3,(H,15,16). The normalized spacial score (nSPS) is 24.7. The summed E-state index contributed by atoms with van der Waals surface area (Å²) in [7, 11) is 0. The Bertz CT molecular complexity index is 380. The van der Waals surface area contributed by atoms with Gasteiger partial charge >= 0.3 is 12.0 Å². The number of morpholine rings is 1. The van der Waals surface area contributed by atoms with E-state index in [2.05, 4.69) is 6.08 Å². The summed E-state index contributed by atoms with van der Waals surface area (Å²) < 4.78 is 5.13. The van der Waals surface area contributed by atoms with Crippen molar-refractivity contribution in [1.82, 2.24) is 9.80 Å². The third-order valence-corrected chi connectivity index (χ3v) is 3.26. The van der Waals surface area contributed by atoms with Crippen LogP contribution in [0.25, 0.3) is 0 Å². The van der Waals surface area contributed by atoms with E-state index >= 15 is 0 Å². The van der Waals surface area contributed by atoms with E-state index in [4.69, 9.17) is 9.84 Å². The predicted octanol–water partition coefficient (Wildman–Crippen LogP) is 0.544. The van der Waals surface area contributed by atoms with Crippen molar-refractivity contribution in [3.05, 3.63) is 11.6 Å². The van der Waals surface area contributed by atoms with Crippen LogP contribution in [0.4, 0.5) is 4.79 Å². The predicted molar refractivity (Wildman–Crippen MR) is 64.3 cm³/mol. The van der Waals surface area contributed by atoms with Crippen LogP contribution in [0, 0.1) is 0 Å². The summed E-state index contributed by atoms with van der Waals surface area (Å²) in [4.78, 5) is 26.5. The Morgan fingerprint density at radius 1 is 1.44 bits per heavy atom. The average Bonchev–Trinajstić information content (AvgIpc) is 2.38. The molecule has 0 radical (unpaired) electrons.